The highest BCUT2D eigenvalue weighted by Crippen LogP contribution is 2.22. The molecule has 8 nitrogen and oxygen atoms in total. The van der Waals surface area contributed by atoms with E-state index < -0.39 is 4.92 Å². The third-order valence-electron chi connectivity index (χ3n) is 3.16. The maximum atomic E-state index is 10.7. The molecule has 0 atom stereocenters. The Hall–Kier alpha value is -3.47. The van der Waals surface area contributed by atoms with E-state index in [9.17, 15) is 10.1 Å². The van der Waals surface area contributed by atoms with E-state index in [1.165, 1.54) is 18.2 Å². The van der Waals surface area contributed by atoms with Crippen molar-refractivity contribution in [3.63, 3.8) is 0 Å². The summed E-state index contributed by atoms with van der Waals surface area (Å²) in [7, 11) is 0. The first-order valence-corrected chi connectivity index (χ1v) is 6.39. The van der Waals surface area contributed by atoms with Gasteiger partial charge in [0.1, 0.15) is 6.07 Å². The number of anilines is 1. The number of nitrogens with one attached hydrogen (secondary N) is 1. The van der Waals surface area contributed by atoms with Crippen LogP contribution in [0.3, 0.4) is 0 Å². The molecule has 22 heavy (non-hydrogen) atoms. The van der Waals surface area contributed by atoms with Crippen molar-refractivity contribution in [1.29, 1.82) is 5.26 Å². The first kappa shape index (κ1) is 13.5. The SMILES string of the molecule is N#Cc1cc([N+](=O)[O-])ccc1NCc1ccnc2ccnn12. The Bertz CT molecular complexity index is 896. The first-order valence-electron chi connectivity index (χ1n) is 6.39. The zero-order chi connectivity index (χ0) is 15.5. The van der Waals surface area contributed by atoms with Gasteiger partial charge in [0.25, 0.3) is 5.69 Å². The molecule has 0 aliphatic heterocycles. The van der Waals surface area contributed by atoms with Gasteiger partial charge in [-0.15, -0.1) is 0 Å². The number of nitrogens with zero attached hydrogens (tertiary/aromatic N) is 5. The van der Waals surface area contributed by atoms with Crippen LogP contribution in [0.5, 0.6) is 0 Å². The lowest BCUT2D eigenvalue weighted by molar-refractivity contribution is -0.384. The molecule has 2 aromatic heterocycles. The van der Waals surface area contributed by atoms with Gasteiger partial charge in [0.05, 0.1) is 34.6 Å². The Balaban J connectivity index is 1.86. The van der Waals surface area contributed by atoms with Gasteiger partial charge < -0.3 is 5.32 Å². The van der Waals surface area contributed by atoms with Gasteiger partial charge in [0.2, 0.25) is 0 Å². The minimum atomic E-state index is -0.527. The monoisotopic (exact) mass is 294 g/mol. The number of nitro groups is 1. The van der Waals surface area contributed by atoms with Gasteiger partial charge in [-0.25, -0.2) is 9.50 Å². The molecule has 3 aromatic rings. The molecule has 0 radical (unpaired) electrons. The standard InChI is InChI=1S/C14H10N6O2/c15-8-10-7-11(20(21)22)1-2-13(10)17-9-12-3-5-16-14-4-6-18-19(12)14/h1-7,17H,9H2. The number of hydrogen-bond donors (Lipinski definition) is 1. The fourth-order valence-corrected chi connectivity index (χ4v) is 2.10. The van der Waals surface area contributed by atoms with Crippen LogP contribution >= 0.6 is 0 Å². The summed E-state index contributed by atoms with van der Waals surface area (Å²) in [5.74, 6) is 0. The number of rotatable bonds is 4. The number of non-ortho nitro benzene ring substituents is 1. The predicted molar refractivity (Wildman–Crippen MR) is 78.1 cm³/mol. The van der Waals surface area contributed by atoms with Crippen molar-refractivity contribution in [2.75, 3.05) is 5.32 Å². The summed E-state index contributed by atoms with van der Waals surface area (Å²) in [5.41, 5.74) is 2.23. The molecular weight excluding hydrogens is 284 g/mol. The molecule has 0 spiro atoms. The van der Waals surface area contributed by atoms with Crippen LogP contribution in [0, 0.1) is 21.4 Å². The lowest BCUT2D eigenvalue weighted by Gasteiger charge is -2.09. The summed E-state index contributed by atoms with van der Waals surface area (Å²) in [5, 5.41) is 27.1. The van der Waals surface area contributed by atoms with Gasteiger partial charge in [-0.05, 0) is 12.1 Å². The van der Waals surface area contributed by atoms with E-state index in [-0.39, 0.29) is 11.3 Å². The minimum absolute atomic E-state index is 0.111. The fourth-order valence-electron chi connectivity index (χ4n) is 2.10. The number of benzene rings is 1. The van der Waals surface area contributed by atoms with Gasteiger partial charge >= 0.3 is 0 Å². The molecule has 8 heteroatoms. The Morgan fingerprint density at radius 3 is 2.95 bits per heavy atom. The van der Waals surface area contributed by atoms with Crippen LogP contribution in [-0.2, 0) is 6.54 Å². The number of fused-ring (bicyclic) bond motifs is 1. The number of nitro benzene ring substituents is 1. The van der Waals surface area contributed by atoms with Crippen LogP contribution in [0.25, 0.3) is 5.65 Å². The van der Waals surface area contributed by atoms with Crippen molar-refractivity contribution < 1.29 is 4.92 Å². The van der Waals surface area contributed by atoms with Gasteiger partial charge in [-0.3, -0.25) is 10.1 Å². The van der Waals surface area contributed by atoms with Crippen molar-refractivity contribution in [3.8, 4) is 6.07 Å². The Morgan fingerprint density at radius 1 is 1.32 bits per heavy atom. The molecule has 1 aromatic carbocycles. The van der Waals surface area contributed by atoms with Crippen molar-refractivity contribution in [2.24, 2.45) is 0 Å². The van der Waals surface area contributed by atoms with Crippen LogP contribution in [0.2, 0.25) is 0 Å². The number of hydrogen-bond acceptors (Lipinski definition) is 6. The van der Waals surface area contributed by atoms with E-state index >= 15 is 0 Å². The summed E-state index contributed by atoms with van der Waals surface area (Å²) in [4.78, 5) is 14.4. The van der Waals surface area contributed by atoms with Crippen LogP contribution in [0.4, 0.5) is 11.4 Å². The van der Waals surface area contributed by atoms with E-state index in [4.69, 9.17) is 5.26 Å². The molecule has 0 unspecified atom stereocenters. The summed E-state index contributed by atoms with van der Waals surface area (Å²) >= 11 is 0. The predicted octanol–water partition coefficient (Wildman–Crippen LogP) is 2.12. The quantitative estimate of drug-likeness (QED) is 0.583. The average molecular weight is 294 g/mol. The van der Waals surface area contributed by atoms with E-state index in [1.807, 2.05) is 12.1 Å². The number of nitriles is 1. The van der Waals surface area contributed by atoms with Crippen LogP contribution < -0.4 is 5.32 Å². The van der Waals surface area contributed by atoms with Crippen molar-refractivity contribution in [2.45, 2.75) is 6.54 Å². The van der Waals surface area contributed by atoms with Gasteiger partial charge in [0, 0.05) is 24.4 Å². The second-order valence-corrected chi connectivity index (χ2v) is 4.49. The molecule has 0 aliphatic rings. The maximum Gasteiger partial charge on any atom is 0.270 e. The Kier molecular flexibility index (Phi) is 3.37. The zero-order valence-corrected chi connectivity index (χ0v) is 11.3. The second-order valence-electron chi connectivity index (χ2n) is 4.49. The lowest BCUT2D eigenvalue weighted by atomic mass is 10.1. The van der Waals surface area contributed by atoms with Crippen LogP contribution in [0.1, 0.15) is 11.3 Å². The first-order chi connectivity index (χ1) is 10.7. The molecule has 1 N–H and O–H groups in total. The smallest absolute Gasteiger partial charge is 0.270 e. The van der Waals surface area contributed by atoms with E-state index in [1.54, 1.807) is 23.0 Å². The maximum absolute atomic E-state index is 10.7. The highest BCUT2D eigenvalue weighted by molar-refractivity contribution is 5.61. The van der Waals surface area contributed by atoms with Crippen LogP contribution in [-0.4, -0.2) is 19.5 Å². The second kappa shape index (κ2) is 5.49. The third kappa shape index (κ3) is 2.43. The normalized spacial score (nSPS) is 10.3. The topological polar surface area (TPSA) is 109 Å². The largest absolute Gasteiger partial charge is 0.378 e. The summed E-state index contributed by atoms with van der Waals surface area (Å²) in [6.07, 6.45) is 3.33. The molecule has 0 aliphatic carbocycles. The average Bonchev–Trinajstić information content (AvgIpc) is 3.01. The molecular formula is C14H10N6O2. The van der Waals surface area contributed by atoms with Gasteiger partial charge in [-0.2, -0.15) is 10.4 Å². The molecule has 0 saturated carbocycles. The summed E-state index contributed by atoms with van der Waals surface area (Å²) < 4.78 is 1.68. The lowest BCUT2D eigenvalue weighted by Crippen LogP contribution is -2.07. The highest BCUT2D eigenvalue weighted by Gasteiger charge is 2.11. The Morgan fingerprint density at radius 2 is 2.18 bits per heavy atom. The number of aromatic nitrogens is 3. The van der Waals surface area contributed by atoms with E-state index in [0.717, 1.165) is 11.3 Å². The molecule has 2 heterocycles. The van der Waals surface area contributed by atoms with Gasteiger partial charge in [-0.1, -0.05) is 0 Å². The minimum Gasteiger partial charge on any atom is -0.378 e. The summed E-state index contributed by atoms with van der Waals surface area (Å²) in [6.45, 7) is 0.410. The molecule has 0 saturated heterocycles. The zero-order valence-electron chi connectivity index (χ0n) is 11.3. The van der Waals surface area contributed by atoms with Crippen molar-refractivity contribution >= 4 is 17.0 Å². The summed E-state index contributed by atoms with van der Waals surface area (Å²) in [6, 6.07) is 9.69. The molecule has 108 valence electrons. The van der Waals surface area contributed by atoms with Gasteiger partial charge in [0.15, 0.2) is 5.65 Å². The molecule has 0 bridgehead atoms. The molecule has 3 rings (SSSR count). The van der Waals surface area contributed by atoms with Crippen molar-refractivity contribution in [3.05, 3.63) is 64.1 Å². The molecule has 0 amide bonds. The van der Waals surface area contributed by atoms with Crippen LogP contribution in [0.15, 0.2) is 42.7 Å². The van der Waals surface area contributed by atoms with E-state index in [0.29, 0.717) is 12.2 Å². The molecule has 0 fully saturated rings. The highest BCUT2D eigenvalue weighted by atomic mass is 16.6. The van der Waals surface area contributed by atoms with E-state index in [2.05, 4.69) is 15.4 Å². The third-order valence-corrected chi connectivity index (χ3v) is 3.16. The van der Waals surface area contributed by atoms with Crippen molar-refractivity contribution in [1.82, 2.24) is 14.6 Å². The fraction of sp³-hybridized carbons (Fsp3) is 0.0714. The Labute approximate surface area is 124 Å².